The van der Waals surface area contributed by atoms with E-state index in [1.165, 1.54) is 16.7 Å². The van der Waals surface area contributed by atoms with Crippen molar-refractivity contribution >= 4 is 21.8 Å². The smallest absolute Gasteiger partial charge is 0.509 e. The third-order valence-corrected chi connectivity index (χ3v) is 9.50. The second-order valence-corrected chi connectivity index (χ2v) is 15.4. The monoisotopic (exact) mass is 780 g/mol. The second kappa shape index (κ2) is 14.4. The van der Waals surface area contributed by atoms with Crippen LogP contribution in [0.15, 0.2) is 91.1 Å². The fourth-order valence-electron chi connectivity index (χ4n) is 6.76. The number of pyridine rings is 1. The first-order valence-corrected chi connectivity index (χ1v) is 17.8. The van der Waals surface area contributed by atoms with Crippen LogP contribution in [0, 0.1) is 19.1 Å². The molecule has 7 rings (SSSR count). The van der Waals surface area contributed by atoms with Gasteiger partial charge in [-0.1, -0.05) is 96.8 Å². The number of rotatable bonds is 8. The standard InChI is InChI=1S/C45H46N4O2.Pd/c1-10-14-30-21-22-46-41(23-30)48-39-18-12-11-17-37(39)38-20-19-36(28-40(38)48)51-35-16-13-15-34(27-35)49-43(50-9)42(29(2)47-49)31-24-32(44(3,4)5)26-33(25-31)45(6,7)8;/h11-13,15-26H,10,14H2,1-9H3;/q-2;+2. The first kappa shape index (κ1) is 37.1. The maximum Gasteiger partial charge on any atom is 2.00 e. The number of fused-ring (bicyclic) bond motifs is 3. The van der Waals surface area contributed by atoms with Crippen molar-refractivity contribution in [1.82, 2.24) is 19.3 Å². The summed E-state index contributed by atoms with van der Waals surface area (Å²) in [4.78, 5) is 4.78. The number of methoxy groups -OCH3 is 1. The van der Waals surface area contributed by atoms with Gasteiger partial charge in [-0.25, -0.2) is 9.67 Å². The summed E-state index contributed by atoms with van der Waals surface area (Å²) in [6.45, 7) is 17.7. The van der Waals surface area contributed by atoms with E-state index in [0.29, 0.717) is 23.1 Å². The van der Waals surface area contributed by atoms with Crippen molar-refractivity contribution in [3.05, 3.63) is 126 Å². The third-order valence-electron chi connectivity index (χ3n) is 9.50. The Kier molecular flexibility index (Phi) is 10.2. The minimum Gasteiger partial charge on any atom is -0.509 e. The fourth-order valence-corrected chi connectivity index (χ4v) is 6.76. The zero-order chi connectivity index (χ0) is 36.1. The van der Waals surface area contributed by atoms with Crippen LogP contribution in [0.5, 0.6) is 17.4 Å². The van der Waals surface area contributed by atoms with Gasteiger partial charge in [0.05, 0.1) is 18.4 Å². The van der Waals surface area contributed by atoms with Crippen LogP contribution >= 0.6 is 0 Å². The SMILES string of the molecule is CCCc1ccnc(-n2c3[c-]c(Oc4[c-]c(-n5nc(C)c(-c6cc(C(C)(C)C)cc(C(C)(C)C)c6)c5OC)ccc4)ccc3c3ccccc32)c1.[Pd+2]. The summed E-state index contributed by atoms with van der Waals surface area (Å²) in [5.74, 6) is 2.66. The molecule has 3 aromatic heterocycles. The van der Waals surface area contributed by atoms with Crippen LogP contribution in [0.3, 0.4) is 0 Å². The zero-order valence-corrected chi connectivity index (χ0v) is 33.1. The molecule has 0 unspecified atom stereocenters. The molecule has 0 aliphatic rings. The van der Waals surface area contributed by atoms with E-state index in [-0.39, 0.29) is 31.3 Å². The number of benzene rings is 4. The van der Waals surface area contributed by atoms with E-state index < -0.39 is 0 Å². The van der Waals surface area contributed by atoms with Gasteiger partial charge in [0.1, 0.15) is 5.82 Å². The minimum absolute atomic E-state index is 0. The quantitative estimate of drug-likeness (QED) is 0.114. The van der Waals surface area contributed by atoms with E-state index in [2.05, 4.69) is 126 Å². The molecule has 0 saturated carbocycles. The van der Waals surface area contributed by atoms with Crippen LogP contribution in [0.1, 0.15) is 77.3 Å². The summed E-state index contributed by atoms with van der Waals surface area (Å²) < 4.78 is 16.6. The van der Waals surface area contributed by atoms with Crippen LogP contribution < -0.4 is 9.47 Å². The Morgan fingerprint density at radius 3 is 2.17 bits per heavy atom. The number of hydrogen-bond acceptors (Lipinski definition) is 4. The van der Waals surface area contributed by atoms with Crippen LogP contribution in [0.4, 0.5) is 0 Å². The Morgan fingerprint density at radius 1 is 0.769 bits per heavy atom. The summed E-state index contributed by atoms with van der Waals surface area (Å²) >= 11 is 0. The number of hydrogen-bond donors (Lipinski definition) is 0. The Hall–Kier alpha value is -4.70. The van der Waals surface area contributed by atoms with Gasteiger partial charge in [-0.2, -0.15) is 17.2 Å². The predicted octanol–water partition coefficient (Wildman–Crippen LogP) is 11.3. The molecule has 0 saturated heterocycles. The maximum absolute atomic E-state index is 6.47. The largest absolute Gasteiger partial charge is 2.00 e. The normalized spacial score (nSPS) is 11.9. The Balaban J connectivity index is 0.00000464. The van der Waals surface area contributed by atoms with Crippen molar-refractivity contribution in [2.45, 2.75) is 79.1 Å². The predicted molar refractivity (Wildman–Crippen MR) is 208 cm³/mol. The van der Waals surface area contributed by atoms with Gasteiger partial charge in [-0.3, -0.25) is 0 Å². The van der Waals surface area contributed by atoms with E-state index in [1.807, 2.05) is 42.1 Å². The molecular formula is C45H46N4O2Pd. The van der Waals surface area contributed by atoms with E-state index in [0.717, 1.165) is 57.3 Å². The second-order valence-electron chi connectivity index (χ2n) is 15.4. The van der Waals surface area contributed by atoms with E-state index in [1.54, 1.807) is 7.11 Å². The third kappa shape index (κ3) is 7.05. The molecule has 0 N–H and O–H groups in total. The molecule has 0 aliphatic carbocycles. The molecule has 0 bridgehead atoms. The first-order chi connectivity index (χ1) is 24.4. The number of nitrogens with zero attached hydrogens (tertiary/aromatic N) is 4. The van der Waals surface area contributed by atoms with Crippen molar-refractivity contribution in [2.75, 3.05) is 7.11 Å². The molecule has 0 radical (unpaired) electrons. The maximum atomic E-state index is 6.47. The molecule has 3 heterocycles. The molecule has 0 atom stereocenters. The van der Waals surface area contributed by atoms with Gasteiger partial charge in [0.15, 0.2) is 0 Å². The first-order valence-electron chi connectivity index (χ1n) is 17.8. The zero-order valence-electron chi connectivity index (χ0n) is 31.5. The topological polar surface area (TPSA) is 54.1 Å². The molecule has 4 aromatic carbocycles. The molecule has 0 fully saturated rings. The van der Waals surface area contributed by atoms with Gasteiger partial charge in [-0.15, -0.1) is 35.7 Å². The Morgan fingerprint density at radius 2 is 1.48 bits per heavy atom. The fraction of sp³-hybridized carbons (Fsp3) is 0.289. The summed E-state index contributed by atoms with van der Waals surface area (Å²) in [5.41, 5.74) is 9.42. The summed E-state index contributed by atoms with van der Waals surface area (Å²) in [7, 11) is 1.70. The van der Waals surface area contributed by atoms with Gasteiger partial charge in [0, 0.05) is 23.2 Å². The van der Waals surface area contributed by atoms with Gasteiger partial charge in [-0.05, 0) is 75.7 Å². The van der Waals surface area contributed by atoms with Crippen LogP contribution in [-0.2, 0) is 37.7 Å². The molecular weight excluding hydrogens is 735 g/mol. The van der Waals surface area contributed by atoms with Gasteiger partial charge in [0.25, 0.3) is 0 Å². The summed E-state index contributed by atoms with van der Waals surface area (Å²) in [5, 5.41) is 7.21. The minimum atomic E-state index is -0.0173. The number of ether oxygens (including phenoxy) is 2. The van der Waals surface area contributed by atoms with Crippen molar-refractivity contribution in [3.8, 4) is 40.0 Å². The summed E-state index contributed by atoms with van der Waals surface area (Å²) in [6, 6.07) is 36.5. The molecule has 0 aliphatic heterocycles. The number of aromatic nitrogens is 4. The Labute approximate surface area is 321 Å². The van der Waals surface area contributed by atoms with Crippen molar-refractivity contribution < 1.29 is 29.9 Å². The Bertz CT molecular complexity index is 2360. The van der Waals surface area contributed by atoms with Gasteiger partial charge < -0.3 is 14.0 Å². The molecule has 268 valence electrons. The average molecular weight is 781 g/mol. The van der Waals surface area contributed by atoms with Crippen LogP contribution in [0.25, 0.3) is 44.4 Å². The van der Waals surface area contributed by atoms with Gasteiger partial charge in [0.2, 0.25) is 5.88 Å². The van der Waals surface area contributed by atoms with Crippen LogP contribution in [-0.4, -0.2) is 26.4 Å². The molecule has 52 heavy (non-hydrogen) atoms. The van der Waals surface area contributed by atoms with Crippen molar-refractivity contribution in [3.63, 3.8) is 0 Å². The van der Waals surface area contributed by atoms with Crippen molar-refractivity contribution in [2.24, 2.45) is 0 Å². The van der Waals surface area contributed by atoms with Crippen LogP contribution in [0.2, 0.25) is 0 Å². The van der Waals surface area contributed by atoms with E-state index in [9.17, 15) is 0 Å². The number of aryl methyl sites for hydroxylation is 2. The van der Waals surface area contributed by atoms with Gasteiger partial charge >= 0.3 is 20.4 Å². The van der Waals surface area contributed by atoms with E-state index >= 15 is 0 Å². The molecule has 0 spiro atoms. The molecule has 7 aromatic rings. The average Bonchev–Trinajstić information content (AvgIpc) is 3.61. The van der Waals surface area contributed by atoms with E-state index in [4.69, 9.17) is 19.6 Å². The summed E-state index contributed by atoms with van der Waals surface area (Å²) in [6.07, 6.45) is 3.97. The molecule has 0 amide bonds. The van der Waals surface area contributed by atoms with Crippen molar-refractivity contribution in [1.29, 1.82) is 0 Å². The number of para-hydroxylation sites is 1. The molecule has 7 heteroatoms. The molecule has 6 nitrogen and oxygen atoms in total.